The van der Waals surface area contributed by atoms with Gasteiger partial charge in [-0.3, -0.25) is 4.79 Å². The normalized spacial score (nSPS) is 25.4. The predicted octanol–water partition coefficient (Wildman–Crippen LogP) is 5.07. The highest BCUT2D eigenvalue weighted by Gasteiger charge is 2.58. The highest BCUT2D eigenvalue weighted by molar-refractivity contribution is 5.76. The molecule has 0 saturated heterocycles. The van der Waals surface area contributed by atoms with Crippen LogP contribution < -0.4 is 15.5 Å². The summed E-state index contributed by atoms with van der Waals surface area (Å²) in [7, 11) is 2.22. The number of benzene rings is 2. The molecule has 0 aromatic heterocycles. The zero-order valence-electron chi connectivity index (χ0n) is 20.9. The molecule has 1 saturated carbocycles. The molecular weight excluding hydrogens is 406 g/mol. The van der Waals surface area contributed by atoms with Crippen LogP contribution in [0.2, 0.25) is 0 Å². The Morgan fingerprint density at radius 1 is 1.00 bits per heavy atom. The Labute approximate surface area is 200 Å². The summed E-state index contributed by atoms with van der Waals surface area (Å²) >= 11 is 0. The smallest absolute Gasteiger partial charge is 0.221 e. The molecule has 2 aliphatic rings. The van der Waals surface area contributed by atoms with Crippen molar-refractivity contribution in [2.45, 2.75) is 76.8 Å². The first-order valence-electron chi connectivity index (χ1n) is 12.7. The third-order valence-corrected chi connectivity index (χ3v) is 8.45. The third-order valence-electron chi connectivity index (χ3n) is 8.45. The highest BCUT2D eigenvalue weighted by Crippen LogP contribution is 2.59. The lowest BCUT2D eigenvalue weighted by molar-refractivity contribution is -0.122. The quantitative estimate of drug-likeness (QED) is 0.528. The Morgan fingerprint density at radius 2 is 1.73 bits per heavy atom. The molecule has 2 aromatic carbocycles. The van der Waals surface area contributed by atoms with Gasteiger partial charge < -0.3 is 15.5 Å². The molecule has 1 fully saturated rings. The molecule has 0 spiro atoms. The molecule has 0 radical (unpaired) electrons. The summed E-state index contributed by atoms with van der Waals surface area (Å²) in [4.78, 5) is 15.2. The fourth-order valence-corrected chi connectivity index (χ4v) is 6.31. The molecule has 1 aliphatic heterocycles. The van der Waals surface area contributed by atoms with Crippen molar-refractivity contribution in [2.24, 2.45) is 5.41 Å². The van der Waals surface area contributed by atoms with E-state index in [9.17, 15) is 4.79 Å². The first-order chi connectivity index (χ1) is 15.8. The topological polar surface area (TPSA) is 44.4 Å². The molecule has 3 atom stereocenters. The first-order valence-corrected chi connectivity index (χ1v) is 12.7. The summed E-state index contributed by atoms with van der Waals surface area (Å²) in [6.07, 6.45) is 6.01. The van der Waals surface area contributed by atoms with Gasteiger partial charge in [-0.2, -0.15) is 0 Å². The van der Waals surface area contributed by atoms with E-state index in [1.54, 1.807) is 0 Å². The first kappa shape index (κ1) is 23.8. The van der Waals surface area contributed by atoms with Gasteiger partial charge in [-0.05, 0) is 61.3 Å². The molecule has 4 nitrogen and oxygen atoms in total. The lowest BCUT2D eigenvalue weighted by Gasteiger charge is -2.53. The number of anilines is 1. The summed E-state index contributed by atoms with van der Waals surface area (Å²) in [5, 5.41) is 6.82. The van der Waals surface area contributed by atoms with Gasteiger partial charge in [-0.1, -0.05) is 69.3 Å². The number of rotatable bonds is 9. The van der Waals surface area contributed by atoms with Crippen LogP contribution in [0, 0.1) is 5.41 Å². The zero-order chi connectivity index (χ0) is 23.5. The van der Waals surface area contributed by atoms with Crippen LogP contribution >= 0.6 is 0 Å². The second-order valence-corrected chi connectivity index (χ2v) is 10.9. The predicted molar refractivity (Wildman–Crippen MR) is 138 cm³/mol. The molecule has 1 aliphatic carbocycles. The van der Waals surface area contributed by atoms with Gasteiger partial charge in [0.15, 0.2) is 0 Å². The van der Waals surface area contributed by atoms with Gasteiger partial charge in [-0.15, -0.1) is 0 Å². The highest BCUT2D eigenvalue weighted by atomic mass is 16.1. The standard InChI is InChI=1S/C29H41N3O/c1-28(2)21-23(20-26-29(28,3)24-15-8-9-16-25(24)32(26)4)31-27(33)17-19-30-18-11-10-14-22-12-6-5-7-13-22/h5-9,12-13,15-16,23,26,30H,10-11,14,17-21H2,1-4H3,(H,31,33)/t23-,26?,29?/m1/s1. The van der Waals surface area contributed by atoms with Crippen LogP contribution in [0.15, 0.2) is 54.6 Å². The molecule has 2 aromatic rings. The number of fused-ring (bicyclic) bond motifs is 3. The van der Waals surface area contributed by atoms with Crippen LogP contribution in [0.5, 0.6) is 0 Å². The largest absolute Gasteiger partial charge is 0.370 e. The second kappa shape index (κ2) is 9.89. The van der Waals surface area contributed by atoms with Gasteiger partial charge in [0.1, 0.15) is 0 Å². The van der Waals surface area contributed by atoms with Crippen molar-refractivity contribution in [3.05, 3.63) is 65.7 Å². The Bertz CT molecular complexity index is 941. The fraction of sp³-hybridized carbons (Fsp3) is 0.552. The van der Waals surface area contributed by atoms with Crippen molar-refractivity contribution in [1.29, 1.82) is 0 Å². The molecule has 0 bridgehead atoms. The van der Waals surface area contributed by atoms with Gasteiger partial charge in [0.05, 0.1) is 0 Å². The van der Waals surface area contributed by atoms with Gasteiger partial charge in [0.2, 0.25) is 5.91 Å². The monoisotopic (exact) mass is 447 g/mol. The van der Waals surface area contributed by atoms with Crippen LogP contribution in [-0.2, 0) is 16.6 Å². The summed E-state index contributed by atoms with van der Waals surface area (Å²) in [5.74, 6) is 0.175. The molecular formula is C29H41N3O. The number of para-hydroxylation sites is 1. The van der Waals surface area contributed by atoms with E-state index in [2.05, 4.69) is 97.9 Å². The Morgan fingerprint density at radius 3 is 2.52 bits per heavy atom. The Kier molecular flexibility index (Phi) is 7.13. The minimum Gasteiger partial charge on any atom is -0.370 e. The second-order valence-electron chi connectivity index (χ2n) is 10.9. The number of nitrogens with zero attached hydrogens (tertiary/aromatic N) is 1. The molecule has 1 heterocycles. The minimum atomic E-state index is 0.0981. The third kappa shape index (κ3) is 4.82. The van der Waals surface area contributed by atoms with Gasteiger partial charge >= 0.3 is 0 Å². The van der Waals surface area contributed by atoms with Crippen LogP contribution in [0.4, 0.5) is 5.69 Å². The SMILES string of the molecule is CN1c2ccccc2C2(C)C1C[C@@H](NC(=O)CCNCCCCc1ccccc1)CC2(C)C. The van der Waals surface area contributed by atoms with Crippen molar-refractivity contribution >= 4 is 11.6 Å². The van der Waals surface area contributed by atoms with Crippen molar-refractivity contribution in [1.82, 2.24) is 10.6 Å². The van der Waals surface area contributed by atoms with E-state index >= 15 is 0 Å². The van der Waals surface area contributed by atoms with Crippen molar-refractivity contribution < 1.29 is 4.79 Å². The van der Waals surface area contributed by atoms with Crippen LogP contribution in [0.3, 0.4) is 0 Å². The lowest BCUT2D eigenvalue weighted by Crippen LogP contribution is -2.59. The van der Waals surface area contributed by atoms with Crippen LogP contribution in [0.25, 0.3) is 0 Å². The average Bonchev–Trinajstić information content (AvgIpc) is 3.02. The fourth-order valence-electron chi connectivity index (χ4n) is 6.31. The number of hydrogen-bond acceptors (Lipinski definition) is 3. The Hall–Kier alpha value is -2.33. The molecule has 2 N–H and O–H groups in total. The van der Waals surface area contributed by atoms with Crippen LogP contribution in [0.1, 0.15) is 64.0 Å². The van der Waals surface area contributed by atoms with E-state index in [-0.39, 0.29) is 22.8 Å². The summed E-state index contributed by atoms with van der Waals surface area (Å²) in [6, 6.07) is 20.1. The van der Waals surface area contributed by atoms with E-state index in [0.29, 0.717) is 12.5 Å². The van der Waals surface area contributed by atoms with Gasteiger partial charge in [-0.25, -0.2) is 0 Å². The zero-order valence-corrected chi connectivity index (χ0v) is 20.9. The number of nitrogens with one attached hydrogen (secondary N) is 2. The maximum absolute atomic E-state index is 12.7. The minimum absolute atomic E-state index is 0.0981. The summed E-state index contributed by atoms with van der Waals surface area (Å²) < 4.78 is 0. The number of likely N-dealkylation sites (N-methyl/N-ethyl adjacent to an activating group) is 1. The van der Waals surface area contributed by atoms with Gasteiger partial charge in [0, 0.05) is 43.2 Å². The van der Waals surface area contributed by atoms with E-state index in [4.69, 9.17) is 0 Å². The number of amides is 1. The van der Waals surface area contributed by atoms with Crippen molar-refractivity contribution in [3.63, 3.8) is 0 Å². The summed E-state index contributed by atoms with van der Waals surface area (Å²) in [5.41, 5.74) is 4.41. The van der Waals surface area contributed by atoms with E-state index in [0.717, 1.165) is 38.8 Å². The number of carbonyl (C=O) groups is 1. The van der Waals surface area contributed by atoms with Crippen LogP contribution in [-0.4, -0.2) is 38.1 Å². The molecule has 2 unspecified atom stereocenters. The number of hydrogen-bond donors (Lipinski definition) is 2. The maximum atomic E-state index is 12.7. The van der Waals surface area contributed by atoms with E-state index in [1.807, 2.05) is 0 Å². The molecule has 1 amide bonds. The van der Waals surface area contributed by atoms with E-state index < -0.39 is 0 Å². The number of carbonyl (C=O) groups excluding carboxylic acids is 1. The average molecular weight is 448 g/mol. The van der Waals surface area contributed by atoms with Gasteiger partial charge in [0.25, 0.3) is 0 Å². The molecule has 178 valence electrons. The molecule has 33 heavy (non-hydrogen) atoms. The lowest BCUT2D eigenvalue weighted by atomic mass is 9.54. The number of unbranched alkanes of at least 4 members (excludes halogenated alkanes) is 1. The summed E-state index contributed by atoms with van der Waals surface area (Å²) in [6.45, 7) is 8.91. The molecule has 4 rings (SSSR count). The van der Waals surface area contributed by atoms with Crippen molar-refractivity contribution in [2.75, 3.05) is 25.0 Å². The van der Waals surface area contributed by atoms with E-state index in [1.165, 1.54) is 23.2 Å². The molecule has 4 heteroatoms. The number of aryl methyl sites for hydroxylation is 1. The maximum Gasteiger partial charge on any atom is 0.221 e. The van der Waals surface area contributed by atoms with Crippen molar-refractivity contribution in [3.8, 4) is 0 Å². The Balaban J connectivity index is 1.21.